The van der Waals surface area contributed by atoms with E-state index >= 15 is 0 Å². The van der Waals surface area contributed by atoms with Gasteiger partial charge in [0.25, 0.3) is 0 Å². The zero-order valence-corrected chi connectivity index (χ0v) is 17.9. The molecule has 2 aromatic heterocycles. The Morgan fingerprint density at radius 2 is 2.19 bits per heavy atom. The molecule has 1 N–H and O–H groups in total. The molecule has 0 saturated carbocycles. The van der Waals surface area contributed by atoms with Crippen LogP contribution in [0.25, 0.3) is 10.9 Å². The van der Waals surface area contributed by atoms with Crippen LogP contribution < -0.4 is 5.32 Å². The number of fused-ring (bicyclic) bond motifs is 1. The van der Waals surface area contributed by atoms with Crippen molar-refractivity contribution in [2.45, 2.75) is 25.8 Å². The first-order valence-electron chi connectivity index (χ1n) is 9.33. The summed E-state index contributed by atoms with van der Waals surface area (Å²) in [6.07, 6.45) is 5.57. The summed E-state index contributed by atoms with van der Waals surface area (Å²) >= 11 is 0. The number of aliphatic imine (C=N–C) groups is 1. The van der Waals surface area contributed by atoms with E-state index in [4.69, 9.17) is 9.41 Å². The van der Waals surface area contributed by atoms with Crippen LogP contribution in [0.4, 0.5) is 0 Å². The van der Waals surface area contributed by atoms with E-state index in [0.29, 0.717) is 6.04 Å². The minimum absolute atomic E-state index is 0. The molecule has 4 rings (SSSR count). The Morgan fingerprint density at radius 3 is 3.00 bits per heavy atom. The molecule has 0 bridgehead atoms. The van der Waals surface area contributed by atoms with E-state index in [1.54, 1.807) is 6.26 Å². The van der Waals surface area contributed by atoms with Crippen molar-refractivity contribution < 1.29 is 4.42 Å². The maximum absolute atomic E-state index is 5.39. The van der Waals surface area contributed by atoms with Crippen molar-refractivity contribution in [1.82, 2.24) is 20.0 Å². The fourth-order valence-electron chi connectivity index (χ4n) is 3.57. The molecule has 0 radical (unpaired) electrons. The average molecular weight is 479 g/mol. The lowest BCUT2D eigenvalue weighted by molar-refractivity contribution is 0.439. The summed E-state index contributed by atoms with van der Waals surface area (Å²) < 4.78 is 7.56. The van der Waals surface area contributed by atoms with E-state index in [1.807, 2.05) is 18.3 Å². The number of nitrogens with zero attached hydrogens (tertiary/aromatic N) is 4. The van der Waals surface area contributed by atoms with E-state index in [0.717, 1.165) is 50.7 Å². The number of nitrogens with one attached hydrogen (secondary N) is 1. The Morgan fingerprint density at radius 1 is 1.30 bits per heavy atom. The lowest BCUT2D eigenvalue weighted by Gasteiger charge is -2.21. The minimum Gasteiger partial charge on any atom is -0.469 e. The van der Waals surface area contributed by atoms with Gasteiger partial charge in [0.15, 0.2) is 5.96 Å². The third kappa shape index (κ3) is 4.45. The van der Waals surface area contributed by atoms with Crippen molar-refractivity contribution in [3.05, 3.63) is 54.6 Å². The molecule has 0 spiro atoms. The van der Waals surface area contributed by atoms with Crippen LogP contribution in [-0.2, 0) is 6.42 Å². The Bertz CT molecular complexity index is 874. The predicted molar refractivity (Wildman–Crippen MR) is 119 cm³/mol. The van der Waals surface area contributed by atoms with E-state index in [2.05, 4.69) is 51.2 Å². The third-order valence-corrected chi connectivity index (χ3v) is 4.85. The van der Waals surface area contributed by atoms with Crippen molar-refractivity contribution >= 4 is 40.8 Å². The number of halogens is 1. The van der Waals surface area contributed by atoms with Gasteiger partial charge in [0.05, 0.1) is 24.0 Å². The molecule has 3 heterocycles. The molecule has 1 aliphatic rings. The molecule has 6 nitrogen and oxygen atoms in total. The molecular formula is C20H26IN5O. The lowest BCUT2D eigenvalue weighted by Crippen LogP contribution is -2.40. The van der Waals surface area contributed by atoms with E-state index < -0.39 is 0 Å². The highest BCUT2D eigenvalue weighted by atomic mass is 127. The van der Waals surface area contributed by atoms with Crippen LogP contribution >= 0.6 is 24.0 Å². The van der Waals surface area contributed by atoms with Crippen LogP contribution in [0.15, 0.2) is 58.3 Å². The molecule has 1 unspecified atom stereocenters. The zero-order chi connectivity index (χ0) is 17.8. The number of benzene rings is 1. The van der Waals surface area contributed by atoms with E-state index in [-0.39, 0.29) is 24.0 Å². The standard InChI is InChI=1S/C20H25N5O.HI/c1-2-21-20(22-11-9-18-7-5-13-26-18)24-12-10-17(15-24)25-19-8-4-3-6-16(19)14-23-25;/h3-8,13-14,17H,2,9-12,15H2,1H3,(H,21,22);1H. The van der Waals surface area contributed by atoms with Crippen LogP contribution in [0.2, 0.25) is 0 Å². The number of likely N-dealkylation sites (tertiary alicyclic amines) is 1. The summed E-state index contributed by atoms with van der Waals surface area (Å²) in [4.78, 5) is 7.13. The van der Waals surface area contributed by atoms with Crippen LogP contribution in [0.1, 0.15) is 25.1 Å². The molecule has 3 aromatic rings. The first-order chi connectivity index (χ1) is 12.8. The number of aromatic nitrogens is 2. The summed E-state index contributed by atoms with van der Waals surface area (Å²) in [5, 5.41) is 9.25. The molecule has 1 saturated heterocycles. The summed E-state index contributed by atoms with van der Waals surface area (Å²) in [6.45, 7) is 5.62. The topological polar surface area (TPSA) is 58.6 Å². The van der Waals surface area contributed by atoms with Gasteiger partial charge in [0.2, 0.25) is 0 Å². The molecule has 1 aliphatic heterocycles. The zero-order valence-electron chi connectivity index (χ0n) is 15.5. The SMILES string of the molecule is CCNC(=NCCc1ccco1)N1CCC(n2ncc3ccccc32)C1.I. The number of hydrogen-bond acceptors (Lipinski definition) is 3. The first kappa shape index (κ1) is 19.7. The van der Waals surface area contributed by atoms with Crippen molar-refractivity contribution in [2.75, 3.05) is 26.2 Å². The van der Waals surface area contributed by atoms with Crippen LogP contribution in [0.5, 0.6) is 0 Å². The van der Waals surface area contributed by atoms with Gasteiger partial charge in [-0.05, 0) is 31.5 Å². The van der Waals surface area contributed by atoms with Gasteiger partial charge in [-0.2, -0.15) is 5.10 Å². The van der Waals surface area contributed by atoms with Gasteiger partial charge in [-0.1, -0.05) is 18.2 Å². The Kier molecular flexibility index (Phi) is 6.76. The average Bonchev–Trinajstić information content (AvgIpc) is 3.40. The highest BCUT2D eigenvalue weighted by molar-refractivity contribution is 14.0. The fraction of sp³-hybridized carbons (Fsp3) is 0.400. The van der Waals surface area contributed by atoms with Gasteiger partial charge in [0.1, 0.15) is 5.76 Å². The van der Waals surface area contributed by atoms with Crippen molar-refractivity contribution in [1.29, 1.82) is 0 Å². The number of para-hydroxylation sites is 1. The van der Waals surface area contributed by atoms with Crippen molar-refractivity contribution in [3.8, 4) is 0 Å². The minimum atomic E-state index is 0. The number of hydrogen-bond donors (Lipinski definition) is 1. The second-order valence-corrected chi connectivity index (χ2v) is 6.60. The fourth-order valence-corrected chi connectivity index (χ4v) is 3.57. The Balaban J connectivity index is 0.00000210. The van der Waals surface area contributed by atoms with Crippen LogP contribution in [0.3, 0.4) is 0 Å². The van der Waals surface area contributed by atoms with Gasteiger partial charge in [-0.3, -0.25) is 9.67 Å². The summed E-state index contributed by atoms with van der Waals surface area (Å²) in [5.74, 6) is 1.96. The lowest BCUT2D eigenvalue weighted by atomic mass is 10.2. The number of guanidine groups is 1. The maximum Gasteiger partial charge on any atom is 0.193 e. The summed E-state index contributed by atoms with van der Waals surface area (Å²) in [6, 6.07) is 12.7. The van der Waals surface area contributed by atoms with E-state index in [1.165, 1.54) is 10.9 Å². The van der Waals surface area contributed by atoms with E-state index in [9.17, 15) is 0 Å². The molecular weight excluding hydrogens is 453 g/mol. The second kappa shape index (κ2) is 9.25. The number of rotatable bonds is 5. The molecule has 1 fully saturated rings. The van der Waals surface area contributed by atoms with Gasteiger partial charge >= 0.3 is 0 Å². The van der Waals surface area contributed by atoms with Gasteiger partial charge in [-0.25, -0.2) is 0 Å². The quantitative estimate of drug-likeness (QED) is 0.345. The molecule has 0 aliphatic carbocycles. The largest absolute Gasteiger partial charge is 0.469 e. The molecule has 1 atom stereocenters. The smallest absolute Gasteiger partial charge is 0.193 e. The third-order valence-electron chi connectivity index (χ3n) is 4.85. The maximum atomic E-state index is 5.39. The van der Waals surface area contributed by atoms with Crippen LogP contribution in [0, 0.1) is 0 Å². The van der Waals surface area contributed by atoms with Crippen molar-refractivity contribution in [3.63, 3.8) is 0 Å². The van der Waals surface area contributed by atoms with Crippen molar-refractivity contribution in [2.24, 2.45) is 4.99 Å². The Hall–Kier alpha value is -2.03. The highest BCUT2D eigenvalue weighted by Crippen LogP contribution is 2.25. The van der Waals surface area contributed by atoms with Gasteiger partial charge < -0.3 is 14.6 Å². The molecule has 144 valence electrons. The number of furan rings is 1. The second-order valence-electron chi connectivity index (χ2n) is 6.60. The summed E-state index contributed by atoms with van der Waals surface area (Å²) in [5.41, 5.74) is 1.21. The molecule has 27 heavy (non-hydrogen) atoms. The van der Waals surface area contributed by atoms with Gasteiger partial charge in [-0.15, -0.1) is 24.0 Å². The summed E-state index contributed by atoms with van der Waals surface area (Å²) in [7, 11) is 0. The molecule has 7 heteroatoms. The van der Waals surface area contributed by atoms with Gasteiger partial charge in [0, 0.05) is 38.0 Å². The first-order valence-corrected chi connectivity index (χ1v) is 9.33. The molecule has 0 amide bonds. The Labute approximate surface area is 176 Å². The monoisotopic (exact) mass is 479 g/mol. The molecule has 1 aromatic carbocycles. The van der Waals surface area contributed by atoms with Crippen LogP contribution in [-0.4, -0.2) is 46.8 Å². The normalized spacial score (nSPS) is 17.3. The predicted octanol–water partition coefficient (Wildman–Crippen LogP) is 3.70. The highest BCUT2D eigenvalue weighted by Gasteiger charge is 2.27.